The second-order valence-electron chi connectivity index (χ2n) is 5.93. The van der Waals surface area contributed by atoms with Crippen molar-refractivity contribution in [1.29, 1.82) is 0 Å². The fourth-order valence-corrected chi connectivity index (χ4v) is 4.13. The lowest BCUT2D eigenvalue weighted by Gasteiger charge is -2.33. The molecule has 2 aromatic rings. The van der Waals surface area contributed by atoms with Crippen molar-refractivity contribution in [3.63, 3.8) is 0 Å². The summed E-state index contributed by atoms with van der Waals surface area (Å²) < 4.78 is 0. The Morgan fingerprint density at radius 3 is 1.41 bits per heavy atom. The van der Waals surface area contributed by atoms with E-state index in [1.165, 1.54) is 44.9 Å². The lowest BCUT2D eigenvalue weighted by molar-refractivity contribution is 0.757. The Kier molecular flexibility index (Phi) is 1.41. The molecule has 3 aliphatic rings. The van der Waals surface area contributed by atoms with E-state index < -0.39 is 0 Å². The molecule has 0 bridgehead atoms. The minimum atomic E-state index is 1.32. The molecule has 0 heterocycles. The molecule has 0 saturated heterocycles. The van der Waals surface area contributed by atoms with E-state index in [0.29, 0.717) is 0 Å². The lowest BCUT2D eigenvalue weighted by atomic mass is 9.71. The largest absolute Gasteiger partial charge is 0.0506 e. The summed E-state index contributed by atoms with van der Waals surface area (Å²) in [6, 6.07) is 5.07. The van der Waals surface area contributed by atoms with Gasteiger partial charge in [0, 0.05) is 0 Å². The van der Waals surface area contributed by atoms with Gasteiger partial charge in [0.1, 0.15) is 0 Å². The molecule has 2 aromatic carbocycles. The van der Waals surface area contributed by atoms with Crippen LogP contribution >= 0.6 is 0 Å². The molecule has 0 aromatic heterocycles. The Balaban J connectivity index is 1.97. The highest BCUT2D eigenvalue weighted by atomic mass is 14.3. The first-order chi connectivity index (χ1) is 8.42. The normalized spacial score (nSPS) is 19.3. The Labute approximate surface area is 102 Å². The first kappa shape index (κ1) is 8.74. The molecule has 0 nitrogen and oxygen atoms in total. The smallest absolute Gasteiger partial charge is 0.0143 e. The van der Waals surface area contributed by atoms with Crippen LogP contribution in [-0.4, -0.2) is 0 Å². The van der Waals surface area contributed by atoms with Gasteiger partial charge in [-0.15, -0.1) is 0 Å². The maximum absolute atomic E-state index is 2.54. The van der Waals surface area contributed by atoms with Crippen LogP contribution in [0, 0.1) is 0 Å². The van der Waals surface area contributed by atoms with Crippen molar-refractivity contribution in [1.82, 2.24) is 0 Å². The van der Waals surface area contributed by atoms with Gasteiger partial charge < -0.3 is 0 Å². The summed E-state index contributed by atoms with van der Waals surface area (Å²) >= 11 is 0. The topological polar surface area (TPSA) is 0 Å². The van der Waals surface area contributed by atoms with Crippen LogP contribution in [0.3, 0.4) is 0 Å². The average Bonchev–Trinajstić information content (AvgIpc) is 2.68. The number of aryl methyl sites for hydroxylation is 4. The highest BCUT2D eigenvalue weighted by molar-refractivity contribution is 5.95. The van der Waals surface area contributed by atoms with E-state index in [1.54, 1.807) is 44.2 Å². The summed E-state index contributed by atoms with van der Waals surface area (Å²) in [5.41, 5.74) is 10.2. The SMILES string of the molecule is c1c2c(cc3c4c(c5c(c13)CC5)CC4)CCC2. The second-order valence-corrected chi connectivity index (χ2v) is 5.93. The monoisotopic (exact) mass is 220 g/mol. The first-order valence-electron chi connectivity index (χ1n) is 7.03. The van der Waals surface area contributed by atoms with Gasteiger partial charge in [0.2, 0.25) is 0 Å². The molecule has 84 valence electrons. The number of rotatable bonds is 0. The van der Waals surface area contributed by atoms with E-state index in [0.717, 1.165) is 0 Å². The molecule has 5 rings (SSSR count). The van der Waals surface area contributed by atoms with Crippen LogP contribution in [0.15, 0.2) is 12.1 Å². The van der Waals surface area contributed by atoms with Crippen molar-refractivity contribution in [3.05, 3.63) is 45.5 Å². The van der Waals surface area contributed by atoms with Crippen molar-refractivity contribution >= 4 is 10.8 Å². The molecule has 0 heteroatoms. The molecule has 0 N–H and O–H groups in total. The third-order valence-corrected chi connectivity index (χ3v) is 5.23. The molecule has 0 unspecified atom stereocenters. The van der Waals surface area contributed by atoms with Crippen LogP contribution in [0.4, 0.5) is 0 Å². The summed E-state index contributed by atoms with van der Waals surface area (Å²) in [4.78, 5) is 0. The molecular weight excluding hydrogens is 204 g/mol. The van der Waals surface area contributed by atoms with Gasteiger partial charge >= 0.3 is 0 Å². The van der Waals surface area contributed by atoms with Crippen molar-refractivity contribution in [2.45, 2.75) is 44.9 Å². The quantitative estimate of drug-likeness (QED) is 0.637. The minimum Gasteiger partial charge on any atom is -0.0506 e. The molecule has 0 saturated carbocycles. The molecule has 0 radical (unpaired) electrons. The van der Waals surface area contributed by atoms with Gasteiger partial charge in [-0.1, -0.05) is 12.1 Å². The highest BCUT2D eigenvalue weighted by Crippen LogP contribution is 2.44. The van der Waals surface area contributed by atoms with Crippen LogP contribution in [-0.2, 0) is 38.5 Å². The fourth-order valence-electron chi connectivity index (χ4n) is 4.13. The number of fused-ring (bicyclic) bond motifs is 7. The molecule has 3 aliphatic carbocycles. The summed E-state index contributed by atoms with van der Waals surface area (Å²) in [5.74, 6) is 0. The fraction of sp³-hybridized carbons (Fsp3) is 0.412. The van der Waals surface area contributed by atoms with Crippen LogP contribution in [0.1, 0.15) is 39.8 Å². The zero-order valence-corrected chi connectivity index (χ0v) is 10.1. The highest BCUT2D eigenvalue weighted by Gasteiger charge is 2.29. The average molecular weight is 220 g/mol. The van der Waals surface area contributed by atoms with E-state index in [2.05, 4.69) is 12.1 Å². The van der Waals surface area contributed by atoms with Crippen LogP contribution in [0.2, 0.25) is 0 Å². The maximum atomic E-state index is 2.54. The maximum Gasteiger partial charge on any atom is -0.0143 e. The molecule has 17 heavy (non-hydrogen) atoms. The summed E-state index contributed by atoms with van der Waals surface area (Å²) in [6.07, 6.45) is 9.37. The molecule has 0 amide bonds. The van der Waals surface area contributed by atoms with Gasteiger partial charge in [0.25, 0.3) is 0 Å². The predicted molar refractivity (Wildman–Crippen MR) is 70.8 cm³/mol. The van der Waals surface area contributed by atoms with E-state index in [4.69, 9.17) is 0 Å². The van der Waals surface area contributed by atoms with E-state index in [-0.39, 0.29) is 0 Å². The Morgan fingerprint density at radius 2 is 1.00 bits per heavy atom. The van der Waals surface area contributed by atoms with Crippen LogP contribution < -0.4 is 0 Å². The van der Waals surface area contributed by atoms with Gasteiger partial charge in [0.15, 0.2) is 0 Å². The van der Waals surface area contributed by atoms with E-state index in [1.807, 2.05) is 0 Å². The number of hydrogen-bond donors (Lipinski definition) is 0. The van der Waals surface area contributed by atoms with Gasteiger partial charge in [-0.25, -0.2) is 0 Å². The number of hydrogen-bond acceptors (Lipinski definition) is 0. The van der Waals surface area contributed by atoms with Crippen molar-refractivity contribution in [3.8, 4) is 0 Å². The van der Waals surface area contributed by atoms with Crippen molar-refractivity contribution < 1.29 is 0 Å². The third-order valence-electron chi connectivity index (χ3n) is 5.23. The summed E-state index contributed by atoms with van der Waals surface area (Å²) in [7, 11) is 0. The zero-order valence-electron chi connectivity index (χ0n) is 10.1. The van der Waals surface area contributed by atoms with E-state index >= 15 is 0 Å². The molecule has 0 aliphatic heterocycles. The van der Waals surface area contributed by atoms with Crippen LogP contribution in [0.5, 0.6) is 0 Å². The summed E-state index contributed by atoms with van der Waals surface area (Å²) in [5, 5.41) is 3.23. The molecular formula is C17H16. The minimum absolute atomic E-state index is 1.32. The third kappa shape index (κ3) is 0.922. The van der Waals surface area contributed by atoms with Gasteiger partial charge in [-0.05, 0) is 89.1 Å². The van der Waals surface area contributed by atoms with E-state index in [9.17, 15) is 0 Å². The van der Waals surface area contributed by atoms with Crippen LogP contribution in [0.25, 0.3) is 10.8 Å². The molecule has 0 atom stereocenters. The van der Waals surface area contributed by atoms with Crippen molar-refractivity contribution in [2.24, 2.45) is 0 Å². The second kappa shape index (κ2) is 2.75. The molecule has 0 spiro atoms. The number of benzene rings is 2. The van der Waals surface area contributed by atoms with Crippen molar-refractivity contribution in [2.75, 3.05) is 0 Å². The summed E-state index contributed by atoms with van der Waals surface area (Å²) in [6.45, 7) is 0. The zero-order chi connectivity index (χ0) is 11.0. The predicted octanol–water partition coefficient (Wildman–Crippen LogP) is 3.53. The van der Waals surface area contributed by atoms with Gasteiger partial charge in [-0.2, -0.15) is 0 Å². The Morgan fingerprint density at radius 1 is 0.529 bits per heavy atom. The lowest BCUT2D eigenvalue weighted by Crippen LogP contribution is -2.21. The van der Waals surface area contributed by atoms with Gasteiger partial charge in [-0.3, -0.25) is 0 Å². The Bertz CT molecular complexity index is 618. The Hall–Kier alpha value is -1.30. The van der Waals surface area contributed by atoms with Gasteiger partial charge in [0.05, 0.1) is 0 Å². The molecule has 0 fully saturated rings. The standard InChI is InChI=1S/C17H16/c1-2-10-8-16-14-6-4-12(14)13-5-7-15(13)17(16)9-11(10)3-1/h8-9H,1-7H2. The first-order valence-corrected chi connectivity index (χ1v) is 7.03.